The zero-order valence-electron chi connectivity index (χ0n) is 9.20. The first-order valence-electron chi connectivity index (χ1n) is 4.79. The van der Waals surface area contributed by atoms with E-state index in [2.05, 4.69) is 0 Å². The summed E-state index contributed by atoms with van der Waals surface area (Å²) in [6.45, 7) is 7.21. The van der Waals surface area contributed by atoms with Crippen LogP contribution in [0.5, 0.6) is 0 Å². The first-order chi connectivity index (χ1) is 6.24. The van der Waals surface area contributed by atoms with Crippen molar-refractivity contribution in [1.29, 1.82) is 0 Å². The van der Waals surface area contributed by atoms with Crippen LogP contribution < -0.4 is 4.72 Å². The summed E-state index contributed by atoms with van der Waals surface area (Å²) >= 11 is 0. The number of nitrogens with one attached hydrogen (secondary N) is 1. The summed E-state index contributed by atoms with van der Waals surface area (Å²) in [6.07, 6.45) is 0.570. The number of hydrogen-bond acceptors (Lipinski definition) is 3. The molecule has 0 unspecified atom stereocenters. The van der Waals surface area contributed by atoms with E-state index < -0.39 is 15.9 Å². The minimum absolute atomic E-state index is 0.0170. The lowest BCUT2D eigenvalue weighted by Gasteiger charge is -2.09. The van der Waals surface area contributed by atoms with Gasteiger partial charge in [-0.05, 0) is 12.3 Å². The molecule has 1 N–H and O–H groups in total. The van der Waals surface area contributed by atoms with Gasteiger partial charge in [0.15, 0.2) is 0 Å². The molecule has 0 aromatic heterocycles. The van der Waals surface area contributed by atoms with Gasteiger partial charge in [0.05, 0.1) is 5.75 Å². The lowest BCUT2D eigenvalue weighted by Crippen LogP contribution is -2.35. The van der Waals surface area contributed by atoms with E-state index in [0.29, 0.717) is 12.3 Å². The normalized spacial score (nSPS) is 12.1. The zero-order chi connectivity index (χ0) is 11.4. The molecule has 0 aliphatic rings. The van der Waals surface area contributed by atoms with Crippen LogP contribution in [0.1, 0.15) is 34.1 Å². The summed E-state index contributed by atoms with van der Waals surface area (Å²) in [6, 6.07) is 0. The van der Waals surface area contributed by atoms with Crippen LogP contribution in [0.2, 0.25) is 0 Å². The van der Waals surface area contributed by atoms with Crippen molar-refractivity contribution in [1.82, 2.24) is 4.72 Å². The molecule has 0 aromatic rings. The Morgan fingerprint density at radius 3 is 2.07 bits per heavy atom. The van der Waals surface area contributed by atoms with Crippen LogP contribution in [-0.4, -0.2) is 20.1 Å². The number of hydrogen-bond donors (Lipinski definition) is 1. The van der Waals surface area contributed by atoms with Gasteiger partial charge >= 0.3 is 0 Å². The number of sulfonamides is 1. The quantitative estimate of drug-likeness (QED) is 0.757. The average molecular weight is 221 g/mol. The molecule has 0 saturated carbocycles. The highest BCUT2D eigenvalue weighted by Crippen LogP contribution is 2.02. The number of amides is 1. The fourth-order valence-corrected chi connectivity index (χ4v) is 2.14. The monoisotopic (exact) mass is 221 g/mol. The maximum atomic E-state index is 11.3. The lowest BCUT2D eigenvalue weighted by molar-refractivity contribution is -0.122. The Hall–Kier alpha value is -0.580. The second kappa shape index (κ2) is 5.34. The Labute approximate surface area is 86.1 Å². The van der Waals surface area contributed by atoms with Gasteiger partial charge in [0.2, 0.25) is 15.9 Å². The van der Waals surface area contributed by atoms with Crippen LogP contribution in [0.25, 0.3) is 0 Å². The topological polar surface area (TPSA) is 63.2 Å². The van der Waals surface area contributed by atoms with E-state index in [4.69, 9.17) is 0 Å². The maximum absolute atomic E-state index is 11.3. The van der Waals surface area contributed by atoms with Crippen LogP contribution in [0.15, 0.2) is 0 Å². The Morgan fingerprint density at radius 1 is 1.21 bits per heavy atom. The van der Waals surface area contributed by atoms with Gasteiger partial charge in [-0.25, -0.2) is 8.42 Å². The molecule has 4 nitrogen and oxygen atoms in total. The fraction of sp³-hybridized carbons (Fsp3) is 0.889. The summed E-state index contributed by atoms with van der Waals surface area (Å²) in [4.78, 5) is 11.1. The minimum atomic E-state index is -3.42. The highest BCUT2D eigenvalue weighted by atomic mass is 32.2. The minimum Gasteiger partial charge on any atom is -0.274 e. The molecule has 0 bridgehead atoms. The second-order valence-electron chi connectivity index (χ2n) is 4.12. The maximum Gasteiger partial charge on any atom is 0.235 e. The second-order valence-corrected chi connectivity index (χ2v) is 5.96. The molecular formula is C9H19NO3S. The van der Waals surface area contributed by atoms with Gasteiger partial charge in [-0.1, -0.05) is 27.7 Å². The van der Waals surface area contributed by atoms with Gasteiger partial charge in [-0.2, -0.15) is 0 Å². The van der Waals surface area contributed by atoms with E-state index in [-0.39, 0.29) is 11.7 Å². The van der Waals surface area contributed by atoms with E-state index in [0.717, 1.165) is 0 Å². The number of rotatable bonds is 5. The van der Waals surface area contributed by atoms with Crippen molar-refractivity contribution in [2.75, 3.05) is 5.75 Å². The standard InChI is InChI=1S/C9H19NO3S/c1-7(2)5-6-14(12,13)10-9(11)8(3)4/h7-8H,5-6H2,1-4H3,(H,10,11). The lowest BCUT2D eigenvalue weighted by atomic mass is 10.2. The van der Waals surface area contributed by atoms with E-state index in [9.17, 15) is 13.2 Å². The molecule has 0 radical (unpaired) electrons. The predicted octanol–water partition coefficient (Wildman–Crippen LogP) is 1.13. The van der Waals surface area contributed by atoms with E-state index >= 15 is 0 Å². The number of carbonyl (C=O) groups is 1. The Kier molecular flexibility index (Phi) is 5.12. The number of carbonyl (C=O) groups excluding carboxylic acids is 1. The van der Waals surface area contributed by atoms with Gasteiger partial charge in [0.1, 0.15) is 0 Å². The molecule has 0 atom stereocenters. The van der Waals surface area contributed by atoms with Crippen molar-refractivity contribution in [2.24, 2.45) is 11.8 Å². The van der Waals surface area contributed by atoms with Gasteiger partial charge in [0.25, 0.3) is 0 Å². The highest BCUT2D eigenvalue weighted by Gasteiger charge is 2.16. The third-order valence-corrected chi connectivity index (χ3v) is 3.03. The first-order valence-corrected chi connectivity index (χ1v) is 6.44. The Morgan fingerprint density at radius 2 is 1.71 bits per heavy atom. The summed E-state index contributed by atoms with van der Waals surface area (Å²) in [5, 5.41) is 0. The molecule has 0 spiro atoms. The molecule has 84 valence electrons. The average Bonchev–Trinajstić information content (AvgIpc) is 2.00. The molecule has 0 heterocycles. The smallest absolute Gasteiger partial charge is 0.235 e. The van der Waals surface area contributed by atoms with Crippen molar-refractivity contribution >= 4 is 15.9 Å². The Balaban J connectivity index is 4.15. The van der Waals surface area contributed by atoms with Crippen LogP contribution in [-0.2, 0) is 14.8 Å². The zero-order valence-corrected chi connectivity index (χ0v) is 10.0. The molecule has 0 saturated heterocycles. The van der Waals surface area contributed by atoms with E-state index in [1.165, 1.54) is 0 Å². The van der Waals surface area contributed by atoms with Gasteiger partial charge < -0.3 is 0 Å². The van der Waals surface area contributed by atoms with Crippen LogP contribution in [0, 0.1) is 11.8 Å². The van der Waals surface area contributed by atoms with Crippen molar-refractivity contribution in [3.63, 3.8) is 0 Å². The fourth-order valence-electron chi connectivity index (χ4n) is 0.713. The van der Waals surface area contributed by atoms with Crippen LogP contribution >= 0.6 is 0 Å². The van der Waals surface area contributed by atoms with E-state index in [1.54, 1.807) is 13.8 Å². The van der Waals surface area contributed by atoms with Crippen molar-refractivity contribution in [2.45, 2.75) is 34.1 Å². The van der Waals surface area contributed by atoms with Gasteiger partial charge in [-0.3, -0.25) is 9.52 Å². The summed E-state index contributed by atoms with van der Waals surface area (Å²) in [5.74, 6) is -0.401. The molecule has 0 aromatic carbocycles. The molecule has 0 fully saturated rings. The molecular weight excluding hydrogens is 202 g/mol. The summed E-state index contributed by atoms with van der Waals surface area (Å²) in [5.41, 5.74) is 0. The molecule has 5 heteroatoms. The van der Waals surface area contributed by atoms with Gasteiger partial charge in [-0.15, -0.1) is 0 Å². The van der Waals surface area contributed by atoms with Crippen molar-refractivity contribution in [3.05, 3.63) is 0 Å². The molecule has 1 amide bonds. The summed E-state index contributed by atoms with van der Waals surface area (Å²) < 4.78 is 24.7. The first kappa shape index (κ1) is 13.4. The largest absolute Gasteiger partial charge is 0.274 e. The van der Waals surface area contributed by atoms with Gasteiger partial charge in [0, 0.05) is 5.92 Å². The SMILES string of the molecule is CC(C)CCS(=O)(=O)NC(=O)C(C)C. The van der Waals surface area contributed by atoms with Crippen molar-refractivity contribution < 1.29 is 13.2 Å². The molecule has 0 aliphatic heterocycles. The van der Waals surface area contributed by atoms with E-state index in [1.807, 2.05) is 18.6 Å². The third kappa shape index (κ3) is 5.96. The Bertz CT molecular complexity index is 280. The molecule has 0 rings (SSSR count). The van der Waals surface area contributed by atoms with Crippen LogP contribution in [0.4, 0.5) is 0 Å². The van der Waals surface area contributed by atoms with Crippen molar-refractivity contribution in [3.8, 4) is 0 Å². The highest BCUT2D eigenvalue weighted by molar-refractivity contribution is 7.90. The third-order valence-electron chi connectivity index (χ3n) is 1.74. The summed E-state index contributed by atoms with van der Waals surface area (Å²) in [7, 11) is -3.42. The predicted molar refractivity (Wildman–Crippen MR) is 56.2 cm³/mol. The van der Waals surface area contributed by atoms with Crippen LogP contribution in [0.3, 0.4) is 0 Å². The molecule has 0 aliphatic carbocycles. The molecule has 14 heavy (non-hydrogen) atoms.